The molecule has 0 aromatic rings. The third-order valence-electron chi connectivity index (χ3n) is 1.83. The zero-order valence-corrected chi connectivity index (χ0v) is 8.33. The summed E-state index contributed by atoms with van der Waals surface area (Å²) in [7, 11) is 0. The number of halogens is 1. The van der Waals surface area contributed by atoms with Crippen LogP contribution in [0.25, 0.3) is 0 Å². The number of aliphatic hydroxyl groups excluding tert-OH is 4. The highest BCUT2D eigenvalue weighted by Crippen LogP contribution is 2.24. The molecule has 1 aliphatic heterocycles. The Morgan fingerprint density at radius 1 is 1.08 bits per heavy atom. The first-order valence-electron chi connectivity index (χ1n) is 3.52. The number of alkyl halides is 1. The van der Waals surface area contributed by atoms with Crippen molar-refractivity contribution in [1.29, 1.82) is 0 Å². The Morgan fingerprint density at radius 3 is 2.17 bits per heavy atom. The first-order chi connectivity index (χ1) is 5.57. The van der Waals surface area contributed by atoms with Gasteiger partial charge in [-0.15, -0.1) is 0 Å². The molecular weight excluding hydrogens is 279 g/mol. The number of hydrogen-bond donors (Lipinski definition) is 4. The summed E-state index contributed by atoms with van der Waals surface area (Å²) in [4.78, 5) is 0. The van der Waals surface area contributed by atoms with Crippen molar-refractivity contribution in [1.82, 2.24) is 0 Å². The Balaban J connectivity index is 2.63. The van der Waals surface area contributed by atoms with Gasteiger partial charge >= 0.3 is 0 Å². The summed E-state index contributed by atoms with van der Waals surface area (Å²) in [5.74, 6) is 0. The fraction of sp³-hybridized carbons (Fsp3) is 1.00. The largest absolute Gasteiger partial charge is 0.394 e. The van der Waals surface area contributed by atoms with Crippen molar-refractivity contribution in [2.24, 2.45) is 0 Å². The van der Waals surface area contributed by atoms with Gasteiger partial charge in [0, 0.05) is 0 Å². The van der Waals surface area contributed by atoms with E-state index in [9.17, 15) is 15.3 Å². The smallest absolute Gasteiger partial charge is 0.137 e. The quantitative estimate of drug-likeness (QED) is 0.339. The predicted molar refractivity (Wildman–Crippen MR) is 47.8 cm³/mol. The second-order valence-corrected chi connectivity index (χ2v) is 3.91. The normalized spacial score (nSPS) is 49.2. The van der Waals surface area contributed by atoms with E-state index in [1.807, 2.05) is 0 Å². The molecule has 0 aromatic carbocycles. The lowest BCUT2D eigenvalue weighted by molar-refractivity contribution is -0.201. The molecule has 4 N–H and O–H groups in total. The van der Waals surface area contributed by atoms with Gasteiger partial charge in [-0.1, -0.05) is 0 Å². The highest BCUT2D eigenvalue weighted by molar-refractivity contribution is 14.1. The van der Waals surface area contributed by atoms with Gasteiger partial charge in [-0.25, -0.2) is 0 Å². The summed E-state index contributed by atoms with van der Waals surface area (Å²) >= 11 is 1.79. The molecule has 6 heteroatoms. The minimum Gasteiger partial charge on any atom is -0.394 e. The Bertz CT molecular complexity index is 150. The lowest BCUT2D eigenvalue weighted by atomic mass is 10.0. The number of aliphatic hydroxyl groups is 4. The fourth-order valence-corrected chi connectivity index (χ4v) is 1.86. The summed E-state index contributed by atoms with van der Waals surface area (Å²) in [6.07, 6.45) is -4.40. The van der Waals surface area contributed by atoms with Gasteiger partial charge in [-0.2, -0.15) is 0 Å². The van der Waals surface area contributed by atoms with Gasteiger partial charge in [-0.3, -0.25) is 0 Å². The predicted octanol–water partition coefficient (Wildman–Crippen LogP) is -1.78. The summed E-state index contributed by atoms with van der Waals surface area (Å²) in [5.41, 5.74) is 0. The summed E-state index contributed by atoms with van der Waals surface area (Å²) in [6.45, 7) is -0.371. The van der Waals surface area contributed by atoms with Crippen molar-refractivity contribution >= 4 is 22.6 Å². The molecule has 1 saturated heterocycles. The van der Waals surface area contributed by atoms with E-state index < -0.39 is 28.5 Å². The molecule has 12 heavy (non-hydrogen) atoms. The van der Waals surface area contributed by atoms with E-state index in [1.165, 1.54) is 0 Å². The highest BCUT2D eigenvalue weighted by atomic mass is 127. The molecule has 1 unspecified atom stereocenters. The molecule has 0 radical (unpaired) electrons. The van der Waals surface area contributed by atoms with Gasteiger partial charge in [0.1, 0.15) is 28.5 Å². The Hall–Kier alpha value is 0.530. The standard InChI is InChI=1S/C6H11IO5/c7-6-5(11)4(10)3(9)2(1-8)12-6/h2-6,8-11H,1H2/t2-,3-,4+,5+,6?/m1/s1. The van der Waals surface area contributed by atoms with Crippen molar-refractivity contribution in [3.8, 4) is 0 Å². The molecule has 0 bridgehead atoms. The molecule has 0 aromatic heterocycles. The molecule has 1 rings (SSSR count). The number of ether oxygens (including phenoxy) is 1. The molecule has 5 nitrogen and oxygen atoms in total. The van der Waals surface area contributed by atoms with Crippen LogP contribution < -0.4 is 0 Å². The van der Waals surface area contributed by atoms with Crippen LogP contribution in [0.3, 0.4) is 0 Å². The van der Waals surface area contributed by atoms with Crippen LogP contribution in [0.15, 0.2) is 0 Å². The van der Waals surface area contributed by atoms with Gasteiger partial charge < -0.3 is 25.2 Å². The lowest BCUT2D eigenvalue weighted by Crippen LogP contribution is -2.56. The summed E-state index contributed by atoms with van der Waals surface area (Å²) < 4.78 is 4.41. The summed E-state index contributed by atoms with van der Waals surface area (Å²) in [6, 6.07) is 0. The van der Waals surface area contributed by atoms with Crippen molar-refractivity contribution in [3.05, 3.63) is 0 Å². The van der Waals surface area contributed by atoms with Crippen molar-refractivity contribution < 1.29 is 25.2 Å². The Kier molecular flexibility index (Phi) is 3.68. The van der Waals surface area contributed by atoms with E-state index in [0.29, 0.717) is 0 Å². The van der Waals surface area contributed by atoms with Crippen LogP contribution in [0.4, 0.5) is 0 Å². The second-order valence-electron chi connectivity index (χ2n) is 2.68. The van der Waals surface area contributed by atoms with E-state index in [4.69, 9.17) is 9.84 Å². The topological polar surface area (TPSA) is 90.2 Å². The third kappa shape index (κ3) is 1.88. The molecule has 72 valence electrons. The second kappa shape index (κ2) is 4.16. The zero-order valence-electron chi connectivity index (χ0n) is 6.17. The molecule has 1 aliphatic rings. The molecule has 0 saturated carbocycles. The van der Waals surface area contributed by atoms with Crippen LogP contribution >= 0.6 is 22.6 Å². The minimum absolute atomic E-state index is 0.371. The van der Waals surface area contributed by atoms with Gasteiger partial charge in [0.2, 0.25) is 0 Å². The molecule has 0 spiro atoms. The van der Waals surface area contributed by atoms with Crippen molar-refractivity contribution in [2.75, 3.05) is 6.61 Å². The SMILES string of the molecule is OC[C@H]1OC(I)[C@@H](O)[C@@H](O)[C@@H]1O. The summed E-state index contributed by atoms with van der Waals surface area (Å²) in [5, 5.41) is 36.4. The molecule has 5 atom stereocenters. The van der Waals surface area contributed by atoms with E-state index in [-0.39, 0.29) is 6.61 Å². The number of hydrogen-bond acceptors (Lipinski definition) is 5. The average Bonchev–Trinajstić information content (AvgIpc) is 2.08. The van der Waals surface area contributed by atoms with Crippen LogP contribution in [0.2, 0.25) is 0 Å². The van der Waals surface area contributed by atoms with Gasteiger partial charge in [-0.05, 0) is 22.6 Å². The number of rotatable bonds is 1. The monoisotopic (exact) mass is 290 g/mol. The van der Waals surface area contributed by atoms with E-state index >= 15 is 0 Å². The first kappa shape index (κ1) is 10.6. The molecule has 1 heterocycles. The van der Waals surface area contributed by atoms with E-state index in [2.05, 4.69) is 0 Å². The van der Waals surface area contributed by atoms with Crippen molar-refractivity contribution in [2.45, 2.75) is 28.5 Å². The van der Waals surface area contributed by atoms with Crippen LogP contribution in [0.1, 0.15) is 0 Å². The van der Waals surface area contributed by atoms with Crippen molar-refractivity contribution in [3.63, 3.8) is 0 Å². The lowest BCUT2D eigenvalue weighted by Gasteiger charge is -2.37. The van der Waals surface area contributed by atoms with Crippen LogP contribution in [-0.2, 0) is 4.74 Å². The first-order valence-corrected chi connectivity index (χ1v) is 4.77. The Labute approximate surface area is 83.1 Å². The van der Waals surface area contributed by atoms with Crippen LogP contribution in [0, 0.1) is 0 Å². The molecule has 0 aliphatic carbocycles. The van der Waals surface area contributed by atoms with Gasteiger partial charge in [0.25, 0.3) is 0 Å². The fourth-order valence-electron chi connectivity index (χ4n) is 1.06. The maximum Gasteiger partial charge on any atom is 0.137 e. The maximum atomic E-state index is 9.23. The van der Waals surface area contributed by atoms with Crippen LogP contribution in [-0.4, -0.2) is 55.6 Å². The van der Waals surface area contributed by atoms with Gasteiger partial charge in [0.05, 0.1) is 6.61 Å². The minimum atomic E-state index is -1.25. The molecule has 0 amide bonds. The third-order valence-corrected chi connectivity index (χ3v) is 2.86. The van der Waals surface area contributed by atoms with Crippen LogP contribution in [0.5, 0.6) is 0 Å². The zero-order chi connectivity index (χ0) is 9.30. The van der Waals surface area contributed by atoms with Gasteiger partial charge in [0.15, 0.2) is 0 Å². The average molecular weight is 290 g/mol. The molecule has 1 fully saturated rings. The highest BCUT2D eigenvalue weighted by Gasteiger charge is 2.42. The van der Waals surface area contributed by atoms with E-state index in [0.717, 1.165) is 0 Å². The Morgan fingerprint density at radius 2 is 1.67 bits per heavy atom. The molecular formula is C6H11IO5. The maximum absolute atomic E-state index is 9.23. The van der Waals surface area contributed by atoms with E-state index in [1.54, 1.807) is 22.6 Å².